The summed E-state index contributed by atoms with van der Waals surface area (Å²) < 4.78 is 0. The maximum atomic E-state index is 12.5. The summed E-state index contributed by atoms with van der Waals surface area (Å²) in [5.74, 6) is -1.23. The molecule has 20 heavy (non-hydrogen) atoms. The van der Waals surface area contributed by atoms with Gasteiger partial charge in [0.2, 0.25) is 0 Å². The quantitative estimate of drug-likeness (QED) is 0.886. The fraction of sp³-hybridized carbons (Fsp3) is 0.615. The molecule has 3 rings (SSSR count). The molecular formula is C13H17N3O3S. The number of aromatic carboxylic acids is 1. The van der Waals surface area contributed by atoms with E-state index < -0.39 is 5.97 Å². The molecule has 1 aromatic heterocycles. The van der Waals surface area contributed by atoms with E-state index in [-0.39, 0.29) is 22.7 Å². The Kier molecular flexibility index (Phi) is 3.47. The van der Waals surface area contributed by atoms with Gasteiger partial charge in [-0.25, -0.2) is 9.78 Å². The van der Waals surface area contributed by atoms with Crippen LogP contribution in [0.4, 0.5) is 0 Å². The van der Waals surface area contributed by atoms with Crippen molar-refractivity contribution in [3.8, 4) is 0 Å². The van der Waals surface area contributed by atoms with Crippen LogP contribution in [-0.4, -0.2) is 63.5 Å². The van der Waals surface area contributed by atoms with Crippen LogP contribution in [0.1, 0.15) is 40.1 Å². The summed E-state index contributed by atoms with van der Waals surface area (Å²) in [5.41, 5.74) is -0.0505. The van der Waals surface area contributed by atoms with Crippen molar-refractivity contribution in [1.29, 1.82) is 0 Å². The molecule has 1 aromatic rings. The third-order valence-electron chi connectivity index (χ3n) is 4.10. The van der Waals surface area contributed by atoms with Crippen LogP contribution in [0.15, 0.2) is 5.38 Å². The molecule has 0 radical (unpaired) electrons. The molecule has 1 N–H and O–H groups in total. The SMILES string of the molecule is CC1CN2CCCC2CN1C(=O)c1nc(C(=O)O)cs1. The summed E-state index contributed by atoms with van der Waals surface area (Å²) in [5, 5.41) is 10.6. The molecule has 0 aliphatic carbocycles. The van der Waals surface area contributed by atoms with Crippen LogP contribution in [-0.2, 0) is 0 Å². The molecule has 1 amide bonds. The number of carboxylic acid groups (broad SMARTS) is 1. The molecule has 2 aliphatic rings. The van der Waals surface area contributed by atoms with Crippen molar-refractivity contribution < 1.29 is 14.7 Å². The second kappa shape index (κ2) is 5.14. The van der Waals surface area contributed by atoms with Gasteiger partial charge in [0, 0.05) is 30.6 Å². The van der Waals surface area contributed by atoms with E-state index in [0.29, 0.717) is 6.04 Å². The van der Waals surface area contributed by atoms with Crippen LogP contribution in [0.25, 0.3) is 0 Å². The van der Waals surface area contributed by atoms with E-state index in [0.717, 1.165) is 37.4 Å². The zero-order valence-electron chi connectivity index (χ0n) is 11.3. The number of fused-ring (bicyclic) bond motifs is 1. The first-order valence-electron chi connectivity index (χ1n) is 6.80. The van der Waals surface area contributed by atoms with Crippen molar-refractivity contribution in [3.05, 3.63) is 16.1 Å². The Bertz CT molecular complexity index is 545. The number of amides is 1. The van der Waals surface area contributed by atoms with Gasteiger partial charge in [-0.15, -0.1) is 11.3 Å². The standard InChI is InChI=1S/C13H17N3O3S/c1-8-5-15-4-2-3-9(15)6-16(8)12(17)11-14-10(7-20-11)13(18)19/h7-9H,2-6H2,1H3,(H,18,19). The fourth-order valence-corrected chi connectivity index (χ4v) is 3.81. The number of thiazole rings is 1. The minimum atomic E-state index is -1.09. The second-order valence-corrected chi connectivity index (χ2v) is 6.30. The van der Waals surface area contributed by atoms with Crippen molar-refractivity contribution in [3.63, 3.8) is 0 Å². The Morgan fingerprint density at radius 2 is 2.25 bits per heavy atom. The van der Waals surface area contributed by atoms with Gasteiger partial charge in [-0.3, -0.25) is 9.69 Å². The summed E-state index contributed by atoms with van der Waals surface area (Å²) in [6.45, 7) is 4.78. The molecule has 3 heterocycles. The van der Waals surface area contributed by atoms with Crippen LogP contribution in [0.3, 0.4) is 0 Å². The molecule has 0 aromatic carbocycles. The topological polar surface area (TPSA) is 73.7 Å². The monoisotopic (exact) mass is 295 g/mol. The molecule has 7 heteroatoms. The number of hydrogen-bond donors (Lipinski definition) is 1. The maximum absolute atomic E-state index is 12.5. The number of carboxylic acids is 1. The van der Waals surface area contributed by atoms with Gasteiger partial charge in [0.25, 0.3) is 5.91 Å². The van der Waals surface area contributed by atoms with Gasteiger partial charge in [-0.1, -0.05) is 0 Å². The molecule has 6 nitrogen and oxygen atoms in total. The smallest absolute Gasteiger partial charge is 0.355 e. The van der Waals surface area contributed by atoms with Gasteiger partial charge in [0.1, 0.15) is 0 Å². The number of nitrogens with zero attached hydrogens (tertiary/aromatic N) is 3. The van der Waals surface area contributed by atoms with E-state index in [1.807, 2.05) is 11.8 Å². The van der Waals surface area contributed by atoms with E-state index in [1.165, 1.54) is 11.8 Å². The minimum absolute atomic E-state index is 0.0505. The molecule has 2 atom stereocenters. The number of hydrogen-bond acceptors (Lipinski definition) is 5. The summed E-state index contributed by atoms with van der Waals surface area (Å²) in [7, 11) is 0. The van der Waals surface area contributed by atoms with Crippen molar-refractivity contribution in [2.45, 2.75) is 31.8 Å². The highest BCUT2D eigenvalue weighted by Gasteiger charge is 2.37. The van der Waals surface area contributed by atoms with Gasteiger partial charge in [-0.2, -0.15) is 0 Å². The third kappa shape index (κ3) is 2.31. The average molecular weight is 295 g/mol. The Morgan fingerprint density at radius 1 is 1.45 bits per heavy atom. The average Bonchev–Trinajstić information content (AvgIpc) is 3.05. The van der Waals surface area contributed by atoms with Gasteiger partial charge >= 0.3 is 5.97 Å². The van der Waals surface area contributed by atoms with Gasteiger partial charge in [-0.05, 0) is 26.3 Å². The van der Waals surface area contributed by atoms with Crippen molar-refractivity contribution >= 4 is 23.2 Å². The number of carbonyl (C=O) groups excluding carboxylic acids is 1. The Balaban J connectivity index is 1.77. The molecule has 0 saturated carbocycles. The lowest BCUT2D eigenvalue weighted by atomic mass is 10.1. The number of piperazine rings is 1. The predicted octanol–water partition coefficient (Wildman–Crippen LogP) is 1.15. The molecule has 2 saturated heterocycles. The molecule has 0 bridgehead atoms. The zero-order valence-corrected chi connectivity index (χ0v) is 12.1. The van der Waals surface area contributed by atoms with Gasteiger partial charge in [0.15, 0.2) is 10.7 Å². The lowest BCUT2D eigenvalue weighted by Gasteiger charge is -2.41. The molecule has 2 unspecified atom stereocenters. The summed E-state index contributed by atoms with van der Waals surface area (Å²) in [6, 6.07) is 0.600. The summed E-state index contributed by atoms with van der Waals surface area (Å²) in [4.78, 5) is 31.5. The van der Waals surface area contributed by atoms with Crippen LogP contribution in [0, 0.1) is 0 Å². The van der Waals surface area contributed by atoms with E-state index in [2.05, 4.69) is 9.88 Å². The Morgan fingerprint density at radius 3 is 2.95 bits per heavy atom. The molecule has 108 valence electrons. The predicted molar refractivity (Wildman–Crippen MR) is 74.2 cm³/mol. The van der Waals surface area contributed by atoms with E-state index in [1.54, 1.807) is 0 Å². The normalized spacial score (nSPS) is 26.6. The highest BCUT2D eigenvalue weighted by molar-refractivity contribution is 7.11. The van der Waals surface area contributed by atoms with Crippen molar-refractivity contribution in [2.24, 2.45) is 0 Å². The largest absolute Gasteiger partial charge is 0.476 e. The Labute approximate surface area is 121 Å². The first-order chi connectivity index (χ1) is 9.56. The van der Waals surface area contributed by atoms with Gasteiger partial charge in [0.05, 0.1) is 0 Å². The first kappa shape index (κ1) is 13.5. The fourth-order valence-electron chi connectivity index (χ4n) is 3.06. The maximum Gasteiger partial charge on any atom is 0.355 e. The number of rotatable bonds is 2. The van der Waals surface area contributed by atoms with Crippen LogP contribution < -0.4 is 0 Å². The molecule has 2 aliphatic heterocycles. The summed E-state index contributed by atoms with van der Waals surface area (Å²) >= 11 is 1.11. The lowest BCUT2D eigenvalue weighted by Crippen LogP contribution is -2.56. The lowest BCUT2D eigenvalue weighted by molar-refractivity contribution is 0.0395. The van der Waals surface area contributed by atoms with Gasteiger partial charge < -0.3 is 10.0 Å². The highest BCUT2D eigenvalue weighted by Crippen LogP contribution is 2.26. The number of aromatic nitrogens is 1. The van der Waals surface area contributed by atoms with E-state index in [9.17, 15) is 9.59 Å². The van der Waals surface area contributed by atoms with Crippen LogP contribution >= 0.6 is 11.3 Å². The van der Waals surface area contributed by atoms with Crippen molar-refractivity contribution in [2.75, 3.05) is 19.6 Å². The molecular weight excluding hydrogens is 278 g/mol. The van der Waals surface area contributed by atoms with Crippen LogP contribution in [0.2, 0.25) is 0 Å². The van der Waals surface area contributed by atoms with Crippen molar-refractivity contribution in [1.82, 2.24) is 14.8 Å². The molecule has 0 spiro atoms. The minimum Gasteiger partial charge on any atom is -0.476 e. The zero-order chi connectivity index (χ0) is 14.3. The molecule has 2 fully saturated rings. The number of carbonyl (C=O) groups is 2. The highest BCUT2D eigenvalue weighted by atomic mass is 32.1. The Hall–Kier alpha value is -1.47. The van der Waals surface area contributed by atoms with E-state index >= 15 is 0 Å². The second-order valence-electron chi connectivity index (χ2n) is 5.44. The van der Waals surface area contributed by atoms with Crippen LogP contribution in [0.5, 0.6) is 0 Å². The first-order valence-corrected chi connectivity index (χ1v) is 7.68. The summed E-state index contributed by atoms with van der Waals surface area (Å²) in [6.07, 6.45) is 2.33. The van der Waals surface area contributed by atoms with E-state index in [4.69, 9.17) is 5.11 Å². The third-order valence-corrected chi connectivity index (χ3v) is 4.93.